The Kier molecular flexibility index (Phi) is 3.81. The number of fused-ring (bicyclic) bond motifs is 1. The van der Waals surface area contributed by atoms with Crippen molar-refractivity contribution in [3.8, 4) is 0 Å². The first-order chi connectivity index (χ1) is 12.2. The van der Waals surface area contributed by atoms with Crippen LogP contribution in [0.25, 0.3) is 0 Å². The van der Waals surface area contributed by atoms with E-state index in [9.17, 15) is 4.79 Å². The Morgan fingerprint density at radius 3 is 2.88 bits per heavy atom. The van der Waals surface area contributed by atoms with Crippen molar-refractivity contribution in [1.82, 2.24) is 14.9 Å². The number of aryl methyl sites for hydroxylation is 1. The van der Waals surface area contributed by atoms with Gasteiger partial charge in [-0.15, -0.1) is 0 Å². The van der Waals surface area contributed by atoms with Crippen molar-refractivity contribution in [1.29, 1.82) is 0 Å². The molecule has 0 fully saturated rings. The van der Waals surface area contributed by atoms with Crippen LogP contribution >= 0.6 is 0 Å². The van der Waals surface area contributed by atoms with E-state index >= 15 is 0 Å². The van der Waals surface area contributed by atoms with Gasteiger partial charge in [-0.05, 0) is 24.6 Å². The van der Waals surface area contributed by atoms with Crippen LogP contribution in [0.1, 0.15) is 23.2 Å². The van der Waals surface area contributed by atoms with Gasteiger partial charge in [0, 0.05) is 11.8 Å². The van der Waals surface area contributed by atoms with Gasteiger partial charge in [0.15, 0.2) is 5.76 Å². The number of benzene rings is 1. The zero-order valence-corrected chi connectivity index (χ0v) is 13.7. The van der Waals surface area contributed by atoms with Gasteiger partial charge in [-0.1, -0.05) is 30.3 Å². The van der Waals surface area contributed by atoms with E-state index in [-0.39, 0.29) is 5.56 Å². The van der Waals surface area contributed by atoms with E-state index in [4.69, 9.17) is 4.42 Å². The van der Waals surface area contributed by atoms with Crippen molar-refractivity contribution in [3.05, 3.63) is 82.2 Å². The van der Waals surface area contributed by atoms with Gasteiger partial charge >= 0.3 is 5.96 Å². The number of guanidine groups is 1. The minimum atomic E-state index is -0.467. The molecule has 25 heavy (non-hydrogen) atoms. The third kappa shape index (κ3) is 3.03. The lowest BCUT2D eigenvalue weighted by atomic mass is 10.2. The molecule has 0 unspecified atom stereocenters. The molecule has 2 aromatic heterocycles. The summed E-state index contributed by atoms with van der Waals surface area (Å²) in [6, 6.07) is 15.2. The van der Waals surface area contributed by atoms with Crippen molar-refractivity contribution in [2.45, 2.75) is 19.6 Å². The molecule has 0 spiro atoms. The summed E-state index contributed by atoms with van der Waals surface area (Å²) >= 11 is 0. The Morgan fingerprint density at radius 1 is 1.28 bits per heavy atom. The van der Waals surface area contributed by atoms with Crippen LogP contribution in [0.2, 0.25) is 0 Å². The predicted octanol–water partition coefficient (Wildman–Crippen LogP) is 0.344. The second-order valence-corrected chi connectivity index (χ2v) is 5.83. The number of nitrogens with zero attached hydrogens (tertiary/aromatic N) is 2. The first kappa shape index (κ1) is 15.2. The van der Waals surface area contributed by atoms with E-state index in [0.29, 0.717) is 29.9 Å². The molecule has 0 radical (unpaired) electrons. The standard InChI is InChI=1S/C18H17N5O2/c1-12-10-15(24)23-16(14-8-5-9-25-14)21-17(22-18(23)20-12)19-11-13-6-3-2-4-7-13/h2-10,16H,11H2,1H3,(H2,19,20,21,22)/p+1/t16-/m1/s1. The van der Waals surface area contributed by atoms with Gasteiger partial charge in [0.1, 0.15) is 0 Å². The highest BCUT2D eigenvalue weighted by molar-refractivity contribution is 5.88. The number of anilines is 1. The molecule has 126 valence electrons. The minimum Gasteiger partial charge on any atom is -0.464 e. The molecule has 3 heterocycles. The summed E-state index contributed by atoms with van der Waals surface area (Å²) in [6.07, 6.45) is 1.12. The van der Waals surface area contributed by atoms with E-state index in [1.54, 1.807) is 23.8 Å². The molecule has 0 saturated heterocycles. The van der Waals surface area contributed by atoms with Gasteiger partial charge in [0.05, 0.1) is 12.8 Å². The fourth-order valence-corrected chi connectivity index (χ4v) is 2.82. The van der Waals surface area contributed by atoms with Gasteiger partial charge in [0.2, 0.25) is 6.17 Å². The lowest BCUT2D eigenvalue weighted by Gasteiger charge is -2.21. The summed E-state index contributed by atoms with van der Waals surface area (Å²) in [7, 11) is 0. The molecule has 1 atom stereocenters. The molecular formula is C18H18N5O2+. The highest BCUT2D eigenvalue weighted by Crippen LogP contribution is 2.16. The van der Waals surface area contributed by atoms with Crippen LogP contribution in [0.4, 0.5) is 5.95 Å². The third-order valence-electron chi connectivity index (χ3n) is 3.98. The molecule has 4 rings (SSSR count). The lowest BCUT2D eigenvalue weighted by molar-refractivity contribution is -0.525. The Balaban J connectivity index is 1.68. The van der Waals surface area contributed by atoms with Crippen LogP contribution in [0.3, 0.4) is 0 Å². The van der Waals surface area contributed by atoms with E-state index in [0.717, 1.165) is 5.56 Å². The number of nitrogens with one attached hydrogen (secondary N) is 3. The molecule has 1 aromatic carbocycles. The average molecular weight is 336 g/mol. The second kappa shape index (κ2) is 6.27. The smallest absolute Gasteiger partial charge is 0.353 e. The number of furan rings is 1. The molecule has 0 bridgehead atoms. The number of hydrogen-bond donors (Lipinski definition) is 3. The fraction of sp³-hybridized carbons (Fsp3) is 0.167. The van der Waals surface area contributed by atoms with E-state index in [1.807, 2.05) is 36.4 Å². The highest BCUT2D eigenvalue weighted by atomic mass is 16.3. The number of hydrogen-bond acceptors (Lipinski definition) is 5. The zero-order valence-electron chi connectivity index (χ0n) is 13.7. The molecule has 0 aliphatic carbocycles. The van der Waals surface area contributed by atoms with Gasteiger partial charge in [0.25, 0.3) is 11.5 Å². The maximum atomic E-state index is 12.4. The summed E-state index contributed by atoms with van der Waals surface area (Å²) in [5, 5.41) is 6.45. The zero-order chi connectivity index (χ0) is 17.2. The molecule has 0 saturated carbocycles. The molecule has 0 amide bonds. The van der Waals surface area contributed by atoms with Crippen molar-refractivity contribution in [2.24, 2.45) is 0 Å². The average Bonchev–Trinajstić information content (AvgIpc) is 3.14. The lowest BCUT2D eigenvalue weighted by Crippen LogP contribution is -2.83. The van der Waals surface area contributed by atoms with E-state index < -0.39 is 6.17 Å². The van der Waals surface area contributed by atoms with Gasteiger partial charge in [-0.25, -0.2) is 19.9 Å². The fourth-order valence-electron chi connectivity index (χ4n) is 2.82. The summed E-state index contributed by atoms with van der Waals surface area (Å²) < 4.78 is 7.05. The first-order valence-electron chi connectivity index (χ1n) is 8.02. The number of rotatable bonds is 3. The van der Waals surface area contributed by atoms with Crippen LogP contribution in [-0.4, -0.2) is 15.5 Å². The SMILES string of the molecule is Cc1cc(=O)n2c(n1)NC(NCc1ccccc1)=[NH+][C@H]2c1ccco1. The Bertz CT molecular complexity index is 961. The maximum absolute atomic E-state index is 12.4. The van der Waals surface area contributed by atoms with Gasteiger partial charge < -0.3 is 4.42 Å². The molecular weight excluding hydrogens is 318 g/mol. The largest absolute Gasteiger partial charge is 0.464 e. The summed E-state index contributed by atoms with van der Waals surface area (Å²) in [4.78, 5) is 20.2. The van der Waals surface area contributed by atoms with Crippen molar-refractivity contribution in [3.63, 3.8) is 0 Å². The molecule has 3 aromatic rings. The van der Waals surface area contributed by atoms with E-state index in [2.05, 4.69) is 20.6 Å². The molecule has 7 nitrogen and oxygen atoms in total. The molecule has 1 aliphatic rings. The maximum Gasteiger partial charge on any atom is 0.353 e. The van der Waals surface area contributed by atoms with Crippen LogP contribution in [-0.2, 0) is 6.54 Å². The monoisotopic (exact) mass is 336 g/mol. The normalized spacial score (nSPS) is 15.9. The summed E-state index contributed by atoms with van der Waals surface area (Å²) in [5.74, 6) is 1.78. The van der Waals surface area contributed by atoms with Crippen LogP contribution in [0.5, 0.6) is 0 Å². The third-order valence-corrected chi connectivity index (χ3v) is 3.98. The Morgan fingerprint density at radius 2 is 2.12 bits per heavy atom. The molecule has 7 heteroatoms. The topological polar surface area (TPSA) is 86.1 Å². The number of aromatic nitrogens is 2. The van der Waals surface area contributed by atoms with Crippen LogP contribution in [0, 0.1) is 6.92 Å². The Labute approximate surface area is 144 Å². The minimum absolute atomic E-state index is 0.147. The van der Waals surface area contributed by atoms with Gasteiger partial charge in [-0.2, -0.15) is 0 Å². The molecule has 3 N–H and O–H groups in total. The predicted molar refractivity (Wildman–Crippen MR) is 93.0 cm³/mol. The van der Waals surface area contributed by atoms with Gasteiger partial charge in [-0.3, -0.25) is 10.1 Å². The molecule has 1 aliphatic heterocycles. The van der Waals surface area contributed by atoms with Crippen molar-refractivity contribution >= 4 is 11.9 Å². The van der Waals surface area contributed by atoms with Crippen molar-refractivity contribution in [2.75, 3.05) is 5.32 Å². The summed E-state index contributed by atoms with van der Waals surface area (Å²) in [6.45, 7) is 2.43. The van der Waals surface area contributed by atoms with Crippen LogP contribution in [0.15, 0.2) is 64.0 Å². The highest BCUT2D eigenvalue weighted by Gasteiger charge is 2.30. The van der Waals surface area contributed by atoms with Crippen LogP contribution < -0.4 is 21.2 Å². The Hall–Kier alpha value is -3.35. The first-order valence-corrected chi connectivity index (χ1v) is 8.02. The van der Waals surface area contributed by atoms with E-state index in [1.165, 1.54) is 6.07 Å². The summed E-state index contributed by atoms with van der Waals surface area (Å²) in [5.41, 5.74) is 1.66. The quantitative estimate of drug-likeness (QED) is 0.642. The second-order valence-electron chi connectivity index (χ2n) is 5.83. The van der Waals surface area contributed by atoms with Crippen molar-refractivity contribution < 1.29 is 9.41 Å².